The molecule has 0 heterocycles. The SMILES string of the molecule is CCc1cccc(CC)c1NC(=O)COC(=O)c1cc(S(N)(=O)=O)ccc1F. The molecule has 0 bridgehead atoms. The largest absolute Gasteiger partial charge is 0.452 e. The number of amides is 1. The van der Waals surface area contributed by atoms with Crippen LogP contribution in [-0.2, 0) is 32.4 Å². The van der Waals surface area contributed by atoms with Crippen LogP contribution in [0.1, 0.15) is 35.3 Å². The number of primary sulfonamides is 1. The second-order valence-electron chi connectivity index (χ2n) is 5.97. The highest BCUT2D eigenvalue weighted by atomic mass is 32.2. The van der Waals surface area contributed by atoms with Crippen LogP contribution in [0.3, 0.4) is 0 Å². The van der Waals surface area contributed by atoms with Crippen LogP contribution < -0.4 is 10.5 Å². The number of rotatable bonds is 7. The Kier molecular flexibility index (Phi) is 6.87. The summed E-state index contributed by atoms with van der Waals surface area (Å²) in [5.41, 5.74) is 1.91. The molecular formula is C19H21FN2O5S. The van der Waals surface area contributed by atoms with Gasteiger partial charge in [0, 0.05) is 5.69 Å². The minimum atomic E-state index is -4.12. The molecule has 28 heavy (non-hydrogen) atoms. The smallest absolute Gasteiger partial charge is 0.341 e. The summed E-state index contributed by atoms with van der Waals surface area (Å²) in [4.78, 5) is 23.8. The Hall–Kier alpha value is -2.78. The predicted molar refractivity (Wildman–Crippen MR) is 102 cm³/mol. The zero-order chi connectivity index (χ0) is 20.9. The third kappa shape index (κ3) is 5.14. The number of aryl methyl sites for hydroxylation is 2. The van der Waals surface area contributed by atoms with E-state index < -0.39 is 44.8 Å². The third-order valence-corrected chi connectivity index (χ3v) is 4.99. The summed E-state index contributed by atoms with van der Waals surface area (Å²) in [7, 11) is -4.12. The van der Waals surface area contributed by atoms with E-state index in [2.05, 4.69) is 5.32 Å². The number of nitrogens with two attached hydrogens (primary N) is 1. The van der Waals surface area contributed by atoms with E-state index in [0.717, 1.165) is 29.3 Å². The molecule has 150 valence electrons. The van der Waals surface area contributed by atoms with Crippen molar-refractivity contribution in [3.05, 3.63) is 58.9 Å². The highest BCUT2D eigenvalue weighted by molar-refractivity contribution is 7.89. The normalized spacial score (nSPS) is 11.1. The van der Waals surface area contributed by atoms with Gasteiger partial charge in [0.2, 0.25) is 10.0 Å². The van der Waals surface area contributed by atoms with Gasteiger partial charge in [0.05, 0.1) is 10.5 Å². The van der Waals surface area contributed by atoms with E-state index in [-0.39, 0.29) is 0 Å². The predicted octanol–water partition coefficient (Wildman–Crippen LogP) is 2.39. The number of hydrogen-bond acceptors (Lipinski definition) is 5. The molecule has 9 heteroatoms. The molecule has 1 amide bonds. The van der Waals surface area contributed by atoms with Crippen molar-refractivity contribution < 1.29 is 27.1 Å². The van der Waals surface area contributed by atoms with Gasteiger partial charge in [-0.3, -0.25) is 4.79 Å². The minimum Gasteiger partial charge on any atom is -0.452 e. The molecule has 2 rings (SSSR count). The Morgan fingerprint density at radius 1 is 1.11 bits per heavy atom. The first-order valence-electron chi connectivity index (χ1n) is 8.57. The van der Waals surface area contributed by atoms with Crippen LogP contribution >= 0.6 is 0 Å². The summed E-state index contributed by atoms with van der Waals surface area (Å²) in [5, 5.41) is 7.68. The number of carbonyl (C=O) groups excluding carboxylic acids is 2. The van der Waals surface area contributed by atoms with E-state index >= 15 is 0 Å². The van der Waals surface area contributed by atoms with Crippen LogP contribution in [0, 0.1) is 5.82 Å². The molecule has 0 spiro atoms. The number of halogens is 1. The Bertz CT molecular complexity index is 983. The van der Waals surface area contributed by atoms with E-state index in [9.17, 15) is 22.4 Å². The van der Waals surface area contributed by atoms with Gasteiger partial charge >= 0.3 is 5.97 Å². The maximum absolute atomic E-state index is 13.8. The van der Waals surface area contributed by atoms with Gasteiger partial charge in [-0.1, -0.05) is 32.0 Å². The first-order valence-corrected chi connectivity index (χ1v) is 10.1. The van der Waals surface area contributed by atoms with Crippen LogP contribution in [-0.4, -0.2) is 26.9 Å². The molecule has 0 unspecified atom stereocenters. The average molecular weight is 408 g/mol. The van der Waals surface area contributed by atoms with Crippen molar-refractivity contribution in [1.82, 2.24) is 0 Å². The van der Waals surface area contributed by atoms with Crippen molar-refractivity contribution in [2.45, 2.75) is 31.6 Å². The molecular weight excluding hydrogens is 387 g/mol. The summed E-state index contributed by atoms with van der Waals surface area (Å²) < 4.78 is 41.4. The lowest BCUT2D eigenvalue weighted by Crippen LogP contribution is -2.23. The first-order chi connectivity index (χ1) is 13.2. The van der Waals surface area contributed by atoms with E-state index in [1.54, 1.807) is 0 Å². The Labute approximate surface area is 162 Å². The van der Waals surface area contributed by atoms with Crippen molar-refractivity contribution in [2.75, 3.05) is 11.9 Å². The standard InChI is InChI=1S/C19H21FN2O5S/c1-3-12-6-5-7-13(4-2)18(12)22-17(23)11-27-19(24)15-10-14(28(21,25)26)8-9-16(15)20/h5-10H,3-4,11H2,1-2H3,(H,22,23)(H2,21,25,26). The number of benzene rings is 2. The fourth-order valence-corrected chi connectivity index (χ4v) is 3.17. The molecule has 0 saturated heterocycles. The van der Waals surface area contributed by atoms with Gasteiger partial charge in [0.15, 0.2) is 6.61 Å². The number of hydrogen-bond donors (Lipinski definition) is 2. The topological polar surface area (TPSA) is 116 Å². The van der Waals surface area contributed by atoms with Crippen LogP contribution in [0.4, 0.5) is 10.1 Å². The zero-order valence-electron chi connectivity index (χ0n) is 15.5. The first kappa shape index (κ1) is 21.5. The minimum absolute atomic E-state index is 0.435. The van der Waals surface area contributed by atoms with Crippen LogP contribution in [0.2, 0.25) is 0 Å². The number of para-hydroxylation sites is 1. The lowest BCUT2D eigenvalue weighted by Gasteiger charge is -2.14. The number of carbonyl (C=O) groups is 2. The van der Waals surface area contributed by atoms with Crippen molar-refractivity contribution in [1.29, 1.82) is 0 Å². The van der Waals surface area contributed by atoms with Gasteiger partial charge in [0.1, 0.15) is 5.82 Å². The average Bonchev–Trinajstić information content (AvgIpc) is 2.65. The summed E-state index contributed by atoms with van der Waals surface area (Å²) in [5.74, 6) is -2.74. The molecule has 3 N–H and O–H groups in total. The van der Waals surface area contributed by atoms with Crippen LogP contribution in [0.25, 0.3) is 0 Å². The Balaban J connectivity index is 2.11. The van der Waals surface area contributed by atoms with E-state index in [1.165, 1.54) is 0 Å². The van der Waals surface area contributed by atoms with E-state index in [0.29, 0.717) is 18.5 Å². The maximum atomic E-state index is 13.8. The molecule has 0 fully saturated rings. The van der Waals surface area contributed by atoms with E-state index in [1.807, 2.05) is 32.0 Å². The van der Waals surface area contributed by atoms with E-state index in [4.69, 9.17) is 9.88 Å². The molecule has 0 atom stereocenters. The highest BCUT2D eigenvalue weighted by Crippen LogP contribution is 2.22. The monoisotopic (exact) mass is 408 g/mol. The van der Waals surface area contributed by atoms with Gasteiger partial charge in [-0.15, -0.1) is 0 Å². The maximum Gasteiger partial charge on any atom is 0.341 e. The number of ether oxygens (including phenoxy) is 1. The molecule has 0 saturated carbocycles. The summed E-state index contributed by atoms with van der Waals surface area (Å²) >= 11 is 0. The lowest BCUT2D eigenvalue weighted by atomic mass is 10.0. The van der Waals surface area contributed by atoms with Gasteiger partial charge in [0.25, 0.3) is 5.91 Å². The summed E-state index contributed by atoms with van der Waals surface area (Å²) in [6.07, 6.45) is 1.41. The van der Waals surface area contributed by atoms with Crippen molar-refractivity contribution in [3.8, 4) is 0 Å². The van der Waals surface area contributed by atoms with Gasteiger partial charge in [-0.2, -0.15) is 0 Å². The molecule has 0 aliphatic rings. The second-order valence-corrected chi connectivity index (χ2v) is 7.53. The molecule has 0 radical (unpaired) electrons. The molecule has 0 aliphatic carbocycles. The second kappa shape index (κ2) is 8.94. The molecule has 2 aromatic carbocycles. The van der Waals surface area contributed by atoms with Crippen LogP contribution in [0.5, 0.6) is 0 Å². The number of esters is 1. The van der Waals surface area contributed by atoms with Gasteiger partial charge in [-0.05, 0) is 42.2 Å². The quantitative estimate of drug-likeness (QED) is 0.683. The number of anilines is 1. The van der Waals surface area contributed by atoms with Gasteiger partial charge < -0.3 is 10.1 Å². The Morgan fingerprint density at radius 3 is 2.25 bits per heavy atom. The summed E-state index contributed by atoms with van der Waals surface area (Å²) in [6.45, 7) is 3.25. The van der Waals surface area contributed by atoms with Crippen molar-refractivity contribution in [3.63, 3.8) is 0 Å². The summed E-state index contributed by atoms with van der Waals surface area (Å²) in [6, 6.07) is 8.16. The fraction of sp³-hybridized carbons (Fsp3) is 0.263. The van der Waals surface area contributed by atoms with Crippen LogP contribution in [0.15, 0.2) is 41.3 Å². The molecule has 2 aromatic rings. The fourth-order valence-electron chi connectivity index (χ4n) is 2.63. The zero-order valence-corrected chi connectivity index (χ0v) is 16.3. The number of sulfonamides is 1. The van der Waals surface area contributed by atoms with Crippen molar-refractivity contribution in [2.24, 2.45) is 5.14 Å². The van der Waals surface area contributed by atoms with Crippen molar-refractivity contribution >= 4 is 27.6 Å². The van der Waals surface area contributed by atoms with Gasteiger partial charge in [-0.25, -0.2) is 22.7 Å². The molecule has 0 aromatic heterocycles. The highest BCUT2D eigenvalue weighted by Gasteiger charge is 2.19. The Morgan fingerprint density at radius 2 is 1.71 bits per heavy atom. The third-order valence-electron chi connectivity index (χ3n) is 4.08. The number of nitrogens with one attached hydrogen (secondary N) is 1. The lowest BCUT2D eigenvalue weighted by molar-refractivity contribution is -0.119. The molecule has 7 nitrogen and oxygen atoms in total. The molecule has 0 aliphatic heterocycles.